The number of nitrogens with zero attached hydrogens (tertiary/aromatic N) is 2. The van der Waals surface area contributed by atoms with E-state index in [1.54, 1.807) is 18.5 Å². The smallest absolute Gasteiger partial charge is 0.136 e. The van der Waals surface area contributed by atoms with Crippen LogP contribution >= 0.6 is 0 Å². The number of hydrogen-bond acceptors (Lipinski definition) is 2. The number of allylic oxidation sites excluding steroid dienone is 1. The standard InChI is InChI=1S/C12H14N2/c1-4-9-14(6-3)12-8-7-11(5-2)10-13-12/h4-10H,2-3H2,1H3/b9-4-. The zero-order valence-electron chi connectivity index (χ0n) is 8.35. The van der Waals surface area contributed by atoms with Crippen LogP contribution in [0.4, 0.5) is 5.82 Å². The van der Waals surface area contributed by atoms with Crippen molar-refractivity contribution in [1.29, 1.82) is 0 Å². The van der Waals surface area contributed by atoms with Crippen LogP contribution in [-0.4, -0.2) is 4.98 Å². The van der Waals surface area contributed by atoms with Gasteiger partial charge in [0.05, 0.1) is 0 Å². The molecule has 0 fully saturated rings. The minimum Gasteiger partial charge on any atom is -0.310 e. The summed E-state index contributed by atoms with van der Waals surface area (Å²) in [5, 5.41) is 0. The van der Waals surface area contributed by atoms with E-state index in [0.717, 1.165) is 11.4 Å². The third-order valence-corrected chi connectivity index (χ3v) is 1.78. The summed E-state index contributed by atoms with van der Waals surface area (Å²) in [6, 6.07) is 3.90. The molecule has 0 radical (unpaired) electrons. The summed E-state index contributed by atoms with van der Waals surface area (Å²) in [5.41, 5.74) is 1.01. The Balaban J connectivity index is 2.94. The third-order valence-electron chi connectivity index (χ3n) is 1.78. The second-order valence-corrected chi connectivity index (χ2v) is 2.73. The number of hydrogen-bond donors (Lipinski definition) is 0. The zero-order chi connectivity index (χ0) is 10.4. The summed E-state index contributed by atoms with van der Waals surface area (Å²) >= 11 is 0. The summed E-state index contributed by atoms with van der Waals surface area (Å²) in [5.74, 6) is 0.851. The maximum absolute atomic E-state index is 4.27. The van der Waals surface area contributed by atoms with Crippen LogP contribution in [0, 0.1) is 0 Å². The molecule has 0 spiro atoms. The number of anilines is 1. The van der Waals surface area contributed by atoms with E-state index in [1.165, 1.54) is 0 Å². The predicted molar refractivity (Wildman–Crippen MR) is 61.8 cm³/mol. The van der Waals surface area contributed by atoms with Crippen LogP contribution in [0.3, 0.4) is 0 Å². The highest BCUT2D eigenvalue weighted by atomic mass is 15.1. The molecule has 2 heteroatoms. The first-order valence-electron chi connectivity index (χ1n) is 4.44. The normalized spacial score (nSPS) is 10.1. The summed E-state index contributed by atoms with van der Waals surface area (Å²) in [7, 11) is 0. The van der Waals surface area contributed by atoms with E-state index in [-0.39, 0.29) is 0 Å². The molecule has 1 aromatic heterocycles. The molecule has 0 aromatic carbocycles. The second kappa shape index (κ2) is 5.02. The lowest BCUT2D eigenvalue weighted by Crippen LogP contribution is -2.07. The van der Waals surface area contributed by atoms with Gasteiger partial charge in [-0.1, -0.05) is 25.3 Å². The van der Waals surface area contributed by atoms with Crippen LogP contribution in [0.25, 0.3) is 6.08 Å². The van der Waals surface area contributed by atoms with Gasteiger partial charge in [-0.25, -0.2) is 4.98 Å². The fourth-order valence-corrected chi connectivity index (χ4v) is 1.06. The number of rotatable bonds is 4. The molecule has 2 nitrogen and oxygen atoms in total. The Kier molecular flexibility index (Phi) is 3.68. The Hall–Kier alpha value is -1.83. The van der Waals surface area contributed by atoms with Gasteiger partial charge < -0.3 is 4.90 Å². The van der Waals surface area contributed by atoms with Crippen LogP contribution in [0.1, 0.15) is 12.5 Å². The fourth-order valence-electron chi connectivity index (χ4n) is 1.06. The average Bonchev–Trinajstić information content (AvgIpc) is 2.26. The van der Waals surface area contributed by atoms with Crippen molar-refractivity contribution in [3.05, 3.63) is 55.5 Å². The highest BCUT2D eigenvalue weighted by molar-refractivity contribution is 5.51. The van der Waals surface area contributed by atoms with Crippen molar-refractivity contribution in [3.8, 4) is 0 Å². The van der Waals surface area contributed by atoms with Gasteiger partial charge in [-0.2, -0.15) is 0 Å². The monoisotopic (exact) mass is 186 g/mol. The summed E-state index contributed by atoms with van der Waals surface area (Å²) in [4.78, 5) is 6.13. The predicted octanol–water partition coefficient (Wildman–Crippen LogP) is 3.21. The van der Waals surface area contributed by atoms with E-state index in [9.17, 15) is 0 Å². The van der Waals surface area contributed by atoms with E-state index in [2.05, 4.69) is 18.1 Å². The maximum atomic E-state index is 4.27. The highest BCUT2D eigenvalue weighted by Crippen LogP contribution is 2.12. The van der Waals surface area contributed by atoms with E-state index in [1.807, 2.05) is 36.2 Å². The molecule has 1 rings (SSSR count). The van der Waals surface area contributed by atoms with Gasteiger partial charge in [0, 0.05) is 18.6 Å². The largest absolute Gasteiger partial charge is 0.310 e. The quantitative estimate of drug-likeness (QED) is 0.717. The first-order valence-corrected chi connectivity index (χ1v) is 4.44. The lowest BCUT2D eigenvalue weighted by molar-refractivity contribution is 1.17. The molecule has 0 atom stereocenters. The number of aromatic nitrogens is 1. The lowest BCUT2D eigenvalue weighted by Gasteiger charge is -2.13. The third kappa shape index (κ3) is 2.33. The Labute approximate surface area is 84.9 Å². The van der Waals surface area contributed by atoms with Crippen LogP contribution in [0.15, 0.2) is 50.0 Å². The first-order chi connectivity index (χ1) is 6.81. The second-order valence-electron chi connectivity index (χ2n) is 2.73. The molecule has 0 aliphatic carbocycles. The van der Waals surface area contributed by atoms with Crippen molar-refractivity contribution in [2.45, 2.75) is 6.92 Å². The van der Waals surface area contributed by atoms with E-state index in [4.69, 9.17) is 0 Å². The molecule has 0 unspecified atom stereocenters. The Morgan fingerprint density at radius 2 is 2.14 bits per heavy atom. The first kappa shape index (κ1) is 10.3. The van der Waals surface area contributed by atoms with Crippen molar-refractivity contribution < 1.29 is 0 Å². The molecule has 1 heterocycles. The minimum absolute atomic E-state index is 0.851. The summed E-state index contributed by atoms with van der Waals surface area (Å²) in [6.07, 6.45) is 9.11. The maximum Gasteiger partial charge on any atom is 0.136 e. The van der Waals surface area contributed by atoms with Crippen molar-refractivity contribution in [1.82, 2.24) is 4.98 Å². The topological polar surface area (TPSA) is 16.1 Å². The number of pyridine rings is 1. The highest BCUT2D eigenvalue weighted by Gasteiger charge is 1.98. The molecule has 0 saturated heterocycles. The molecule has 0 N–H and O–H groups in total. The molecule has 0 aliphatic rings. The van der Waals surface area contributed by atoms with E-state index < -0.39 is 0 Å². The Bertz CT molecular complexity index is 336. The molecule has 1 aromatic rings. The zero-order valence-corrected chi connectivity index (χ0v) is 8.35. The Morgan fingerprint density at radius 3 is 2.57 bits per heavy atom. The van der Waals surface area contributed by atoms with E-state index >= 15 is 0 Å². The fraction of sp³-hybridized carbons (Fsp3) is 0.0833. The minimum atomic E-state index is 0.851. The van der Waals surface area contributed by atoms with Crippen molar-refractivity contribution in [2.75, 3.05) is 4.90 Å². The van der Waals surface area contributed by atoms with Crippen LogP contribution in [-0.2, 0) is 0 Å². The van der Waals surface area contributed by atoms with E-state index in [0.29, 0.717) is 0 Å². The Morgan fingerprint density at radius 1 is 1.36 bits per heavy atom. The van der Waals surface area contributed by atoms with Gasteiger partial charge >= 0.3 is 0 Å². The molecule has 0 saturated carbocycles. The summed E-state index contributed by atoms with van der Waals surface area (Å²) < 4.78 is 0. The summed E-state index contributed by atoms with van der Waals surface area (Å²) in [6.45, 7) is 9.34. The molecule has 0 bridgehead atoms. The SMILES string of the molecule is C=Cc1ccc(N(C=C)/C=C\C)nc1. The van der Waals surface area contributed by atoms with Crippen LogP contribution in [0.2, 0.25) is 0 Å². The van der Waals surface area contributed by atoms with Gasteiger partial charge in [0.15, 0.2) is 0 Å². The average molecular weight is 186 g/mol. The van der Waals surface area contributed by atoms with Gasteiger partial charge in [0.25, 0.3) is 0 Å². The molecular formula is C12H14N2. The van der Waals surface area contributed by atoms with Gasteiger partial charge in [0.1, 0.15) is 5.82 Å². The van der Waals surface area contributed by atoms with Crippen LogP contribution in [0.5, 0.6) is 0 Å². The van der Waals surface area contributed by atoms with Gasteiger partial charge in [-0.05, 0) is 24.6 Å². The van der Waals surface area contributed by atoms with Gasteiger partial charge in [0.2, 0.25) is 0 Å². The van der Waals surface area contributed by atoms with Crippen molar-refractivity contribution in [2.24, 2.45) is 0 Å². The molecule has 14 heavy (non-hydrogen) atoms. The van der Waals surface area contributed by atoms with Crippen LogP contribution < -0.4 is 4.90 Å². The van der Waals surface area contributed by atoms with Crippen molar-refractivity contribution >= 4 is 11.9 Å². The van der Waals surface area contributed by atoms with Gasteiger partial charge in [-0.15, -0.1) is 0 Å². The molecular weight excluding hydrogens is 172 g/mol. The van der Waals surface area contributed by atoms with Gasteiger partial charge in [-0.3, -0.25) is 0 Å². The molecule has 72 valence electrons. The van der Waals surface area contributed by atoms with Crippen molar-refractivity contribution in [3.63, 3.8) is 0 Å². The molecule has 0 aliphatic heterocycles. The lowest BCUT2D eigenvalue weighted by atomic mass is 10.3. The molecule has 0 amide bonds.